The van der Waals surface area contributed by atoms with E-state index in [0.29, 0.717) is 166 Å². The third-order valence-corrected chi connectivity index (χ3v) is 21.0. The molecule has 0 spiro atoms. The molecule has 5 rings (SSSR count). The third-order valence-electron chi connectivity index (χ3n) is 21.0. The van der Waals surface area contributed by atoms with Gasteiger partial charge in [0.2, 0.25) is 0 Å². The SMILES string of the molecule is CCCN1CCNCCN(CC[N+](Cc2ccccc2)(CC(C)O)CC(C)O)CCN(C)CCN(CC)CCNC(=O)c2cc(C(=O)O)cc(c2)C(=O)NCCN(CCC)CCNCCN(CC[N+](Cc2ccccc2)(CC(C)O)CC(C)O)CCN(C)CCN(CC)CCNC(=O)c2cc(C(=O)O)cc(c2)C(=O)NCC1. The van der Waals surface area contributed by atoms with Gasteiger partial charge in [0, 0.05) is 204 Å². The lowest BCUT2D eigenvalue weighted by Crippen LogP contribution is -2.57. The highest BCUT2D eigenvalue weighted by molar-refractivity contribution is 6.04. The number of hydrogen-bond acceptors (Lipinski definition) is 20. The molecule has 28 heteroatoms. The summed E-state index contributed by atoms with van der Waals surface area (Å²) in [6.45, 7) is 39.5. The summed E-state index contributed by atoms with van der Waals surface area (Å²) in [6.07, 6.45) is -0.618. The number of nitrogens with zero attached hydrogens (tertiary/aromatic N) is 10. The van der Waals surface area contributed by atoms with E-state index < -0.39 is 60.0 Å². The molecular weight excluding hydrogens is 1430 g/mol. The van der Waals surface area contributed by atoms with Crippen molar-refractivity contribution in [2.24, 2.45) is 0 Å². The molecule has 0 fully saturated rings. The van der Waals surface area contributed by atoms with Crippen LogP contribution in [0, 0.1) is 0 Å². The molecule has 628 valence electrons. The lowest BCUT2D eigenvalue weighted by atomic mass is 10.0. The number of carboxylic acids is 2. The zero-order valence-corrected chi connectivity index (χ0v) is 69.4. The zero-order chi connectivity index (χ0) is 81.9. The Kier molecular flexibility index (Phi) is 44.9. The minimum absolute atomic E-state index is 0.0806. The number of carbonyl (C=O) groups excluding carboxylic acids is 4. The standard InChI is InChI=1S/C84H140N16O12/c1-11-33-95-35-25-85-27-37-97(51-53-99(61-67(5)101,62-68(6)102)65-71-21-17-15-18-22-71)49-45-91(9)43-47-94(14-4)40-30-88-80(106)74-56-76(60-78(58-74)84(111)112)82(108)90-32-42-96(34-12-2)36-26-86-28-38-98(52-54-100(63-69(7)103,64-70(8)104)66-72-23-19-16-20-24-72)50-46-92(10)44-48-93(13-3)39-29-87-79(105)73-55-75(81(107)89-31-41-95)59-77(57-73)83(109)110/h15-24,55-60,67-70,85-86,101-104H,11-14,25-54,61-66H2,1-10H3,(H4-2,87,88,89,90,105,106,107,108,109,110,111,112)/p+2. The maximum atomic E-state index is 13.8. The highest BCUT2D eigenvalue weighted by atomic mass is 16.4. The average Bonchev–Trinajstić information content (AvgIpc) is 0.848. The Morgan fingerprint density at radius 2 is 0.625 bits per heavy atom. The third kappa shape index (κ3) is 37.6. The normalized spacial score (nSPS) is 19.9. The Hall–Kier alpha value is -6.94. The van der Waals surface area contributed by atoms with Crippen LogP contribution in [0.1, 0.15) is 142 Å². The van der Waals surface area contributed by atoms with Crippen molar-refractivity contribution in [3.63, 3.8) is 0 Å². The molecule has 4 aromatic carbocycles. The number of nitrogens with one attached hydrogen (secondary N) is 6. The lowest BCUT2D eigenvalue weighted by molar-refractivity contribution is -0.945. The fourth-order valence-electron chi connectivity index (χ4n) is 15.1. The van der Waals surface area contributed by atoms with Crippen molar-refractivity contribution in [3.05, 3.63) is 142 Å². The first kappa shape index (κ1) is 95.6. The van der Waals surface area contributed by atoms with Gasteiger partial charge in [0.15, 0.2) is 0 Å². The molecule has 1 aliphatic heterocycles. The van der Waals surface area contributed by atoms with Gasteiger partial charge in [-0.05, 0) is 117 Å². The number of fused-ring (bicyclic) bond motifs is 4. The number of aliphatic hydroxyl groups excluding tert-OH is 4. The van der Waals surface area contributed by atoms with Gasteiger partial charge in [-0.15, -0.1) is 0 Å². The van der Waals surface area contributed by atoms with Crippen LogP contribution in [0.5, 0.6) is 0 Å². The molecule has 4 amide bonds. The number of carbonyl (C=O) groups is 6. The average molecular weight is 1570 g/mol. The molecule has 4 aromatic rings. The fourth-order valence-corrected chi connectivity index (χ4v) is 15.1. The summed E-state index contributed by atoms with van der Waals surface area (Å²) >= 11 is 0. The van der Waals surface area contributed by atoms with Gasteiger partial charge in [-0.25, -0.2) is 9.59 Å². The summed E-state index contributed by atoms with van der Waals surface area (Å²) in [6, 6.07) is 28.6. The number of quaternary nitrogens is 2. The molecule has 0 radical (unpaired) electrons. The van der Waals surface area contributed by atoms with E-state index in [1.165, 1.54) is 36.4 Å². The number of hydrogen-bond donors (Lipinski definition) is 12. The molecule has 4 atom stereocenters. The van der Waals surface area contributed by atoms with E-state index >= 15 is 0 Å². The summed E-state index contributed by atoms with van der Waals surface area (Å²) in [4.78, 5) is 98.8. The first-order chi connectivity index (χ1) is 53.6. The Labute approximate surface area is 669 Å². The second-order valence-electron chi connectivity index (χ2n) is 31.1. The molecule has 28 nitrogen and oxygen atoms in total. The number of aromatic carboxylic acids is 2. The number of amides is 4. The summed E-state index contributed by atoms with van der Waals surface area (Å²) in [5.74, 6) is -4.41. The predicted octanol–water partition coefficient (Wildman–Crippen LogP) is 2.99. The van der Waals surface area contributed by atoms with Crippen LogP contribution in [-0.2, 0) is 13.1 Å². The van der Waals surface area contributed by atoms with Gasteiger partial charge >= 0.3 is 11.9 Å². The van der Waals surface area contributed by atoms with Crippen molar-refractivity contribution < 1.29 is 68.4 Å². The molecule has 0 saturated heterocycles. The van der Waals surface area contributed by atoms with Gasteiger partial charge in [0.25, 0.3) is 23.6 Å². The van der Waals surface area contributed by atoms with Crippen LogP contribution in [0.15, 0.2) is 97.1 Å². The highest BCUT2D eigenvalue weighted by Gasteiger charge is 2.34. The van der Waals surface area contributed by atoms with Crippen LogP contribution in [0.25, 0.3) is 0 Å². The molecule has 12 N–H and O–H groups in total. The van der Waals surface area contributed by atoms with Crippen molar-refractivity contribution >= 4 is 35.6 Å². The molecule has 0 aliphatic carbocycles. The molecule has 4 bridgehead atoms. The topological polar surface area (TPSA) is 322 Å². The van der Waals surface area contributed by atoms with Crippen molar-refractivity contribution in [2.75, 3.05) is 250 Å². The minimum Gasteiger partial charge on any atom is -0.478 e. The van der Waals surface area contributed by atoms with Gasteiger partial charge in [-0.3, -0.25) is 29.0 Å². The molecule has 0 aromatic heterocycles. The quantitative estimate of drug-likeness (QED) is 0.0402. The maximum Gasteiger partial charge on any atom is 0.335 e. The predicted molar refractivity (Wildman–Crippen MR) is 444 cm³/mol. The molecule has 1 heterocycles. The van der Waals surface area contributed by atoms with Crippen molar-refractivity contribution in [1.29, 1.82) is 0 Å². The number of benzene rings is 4. The Morgan fingerprint density at radius 3 is 0.884 bits per heavy atom. The summed E-state index contributed by atoms with van der Waals surface area (Å²) in [5, 5.41) is 83.4. The summed E-state index contributed by atoms with van der Waals surface area (Å²) in [5.41, 5.74) is 2.26. The fraction of sp³-hybridized carbons (Fsp3) is 0.643. The Balaban J connectivity index is 1.35. The van der Waals surface area contributed by atoms with E-state index in [0.717, 1.165) is 116 Å². The monoisotopic (exact) mass is 1570 g/mol. The van der Waals surface area contributed by atoms with Crippen LogP contribution in [0.2, 0.25) is 0 Å². The van der Waals surface area contributed by atoms with Crippen molar-refractivity contribution in [2.45, 2.75) is 106 Å². The summed E-state index contributed by atoms with van der Waals surface area (Å²) < 4.78 is 1.00. The van der Waals surface area contributed by atoms with Crippen LogP contribution in [0.3, 0.4) is 0 Å². The van der Waals surface area contributed by atoms with Gasteiger partial charge in [0.1, 0.15) is 63.7 Å². The van der Waals surface area contributed by atoms with Crippen LogP contribution < -0.4 is 31.9 Å². The molecule has 1 aliphatic rings. The Bertz CT molecular complexity index is 3120. The first-order valence-corrected chi connectivity index (χ1v) is 41.2. The summed E-state index contributed by atoms with van der Waals surface area (Å²) in [7, 11) is 4.20. The van der Waals surface area contributed by atoms with E-state index in [1.807, 2.05) is 64.1 Å². The second-order valence-corrected chi connectivity index (χ2v) is 31.1. The molecule has 0 saturated carbocycles. The van der Waals surface area contributed by atoms with Gasteiger partial charge < -0.3 is 101 Å². The largest absolute Gasteiger partial charge is 0.478 e. The second kappa shape index (κ2) is 52.5. The molecular formula is C84H142N16O12+2. The van der Waals surface area contributed by atoms with Gasteiger partial charge in [0.05, 0.1) is 24.2 Å². The van der Waals surface area contributed by atoms with E-state index in [9.17, 15) is 59.4 Å². The van der Waals surface area contributed by atoms with E-state index in [2.05, 4.69) is 137 Å². The minimum atomic E-state index is -1.25. The zero-order valence-electron chi connectivity index (χ0n) is 69.4. The molecule has 4 unspecified atom stereocenters. The number of likely N-dealkylation sites (N-methyl/N-ethyl adjacent to an activating group) is 4. The van der Waals surface area contributed by atoms with Crippen molar-refractivity contribution in [1.82, 2.24) is 71.1 Å². The van der Waals surface area contributed by atoms with Crippen LogP contribution >= 0.6 is 0 Å². The molecule has 112 heavy (non-hydrogen) atoms. The first-order valence-electron chi connectivity index (χ1n) is 41.2. The smallest absolute Gasteiger partial charge is 0.335 e. The highest BCUT2D eigenvalue weighted by Crippen LogP contribution is 2.21. The van der Waals surface area contributed by atoms with Crippen LogP contribution in [-0.4, -0.2) is 388 Å². The van der Waals surface area contributed by atoms with E-state index in [-0.39, 0.29) is 33.4 Å². The van der Waals surface area contributed by atoms with E-state index in [4.69, 9.17) is 0 Å². The number of carboxylic acid groups (broad SMARTS) is 2. The van der Waals surface area contributed by atoms with Gasteiger partial charge in [-0.1, -0.05) is 88.4 Å². The lowest BCUT2D eigenvalue weighted by Gasteiger charge is -2.42. The maximum absolute atomic E-state index is 13.8. The van der Waals surface area contributed by atoms with Gasteiger partial charge in [-0.2, -0.15) is 0 Å². The number of rotatable bonds is 26. The van der Waals surface area contributed by atoms with E-state index in [1.54, 1.807) is 0 Å². The van der Waals surface area contributed by atoms with Crippen LogP contribution in [0.4, 0.5) is 0 Å². The Morgan fingerprint density at radius 1 is 0.366 bits per heavy atom. The van der Waals surface area contributed by atoms with Crippen molar-refractivity contribution in [3.8, 4) is 0 Å². The number of aliphatic hydroxyl groups is 4.